The van der Waals surface area contributed by atoms with Crippen LogP contribution in [0.25, 0.3) is 0 Å². The summed E-state index contributed by atoms with van der Waals surface area (Å²) in [7, 11) is 0. The Morgan fingerprint density at radius 3 is 2.30 bits per heavy atom. The van der Waals surface area contributed by atoms with Crippen LogP contribution in [0, 0.1) is 0 Å². The second-order valence-electron chi connectivity index (χ2n) is 7.12. The molecule has 1 amide bonds. The van der Waals surface area contributed by atoms with Gasteiger partial charge < -0.3 is 10.1 Å². The molecule has 0 aliphatic heterocycles. The van der Waals surface area contributed by atoms with E-state index in [2.05, 4.69) is 5.32 Å². The van der Waals surface area contributed by atoms with Crippen LogP contribution < -0.4 is 5.32 Å². The van der Waals surface area contributed by atoms with E-state index in [1.807, 2.05) is 30.3 Å². The van der Waals surface area contributed by atoms with Crippen LogP contribution in [-0.2, 0) is 27.7 Å². The third-order valence-electron chi connectivity index (χ3n) is 4.39. The Kier molecular flexibility index (Phi) is 6.65. The molecule has 0 spiro atoms. The zero-order valence-corrected chi connectivity index (χ0v) is 15.6. The molecule has 1 atom stereocenters. The summed E-state index contributed by atoms with van der Waals surface area (Å²) >= 11 is 0. The first-order valence-corrected chi connectivity index (χ1v) is 8.70. The van der Waals surface area contributed by atoms with Gasteiger partial charge in [-0.3, -0.25) is 4.79 Å². The maximum Gasteiger partial charge on any atom is 0.416 e. The lowest BCUT2D eigenvalue weighted by Gasteiger charge is -2.27. The molecule has 0 saturated carbocycles. The number of hydrogen-bond acceptors (Lipinski definition) is 2. The summed E-state index contributed by atoms with van der Waals surface area (Å²) in [6, 6.07) is 14.7. The smallest absolute Gasteiger partial charge is 0.364 e. The third-order valence-corrected chi connectivity index (χ3v) is 4.39. The Bertz CT molecular complexity index is 758. The second kappa shape index (κ2) is 8.57. The standard InChI is InChI=1S/C21H24F3NO2/c1-15(27-13-16-8-5-4-6-9-16)19(26)25-14-20(2,3)17-10-7-11-18(12-17)21(22,23)24/h4-12,15H,13-14H2,1-3H3,(H,25,26). The van der Waals surface area contributed by atoms with Gasteiger partial charge in [0.05, 0.1) is 12.2 Å². The highest BCUT2D eigenvalue weighted by molar-refractivity contribution is 5.80. The minimum Gasteiger partial charge on any atom is -0.364 e. The predicted molar refractivity (Wildman–Crippen MR) is 98.2 cm³/mol. The molecule has 0 saturated heterocycles. The molecule has 0 aromatic heterocycles. The number of halogens is 3. The maximum absolute atomic E-state index is 12.9. The van der Waals surface area contributed by atoms with E-state index in [4.69, 9.17) is 4.74 Å². The van der Waals surface area contributed by atoms with Crippen LogP contribution in [0.5, 0.6) is 0 Å². The molecule has 0 heterocycles. The Morgan fingerprint density at radius 1 is 1.04 bits per heavy atom. The number of carbonyl (C=O) groups is 1. The van der Waals surface area contributed by atoms with Gasteiger partial charge in [0.15, 0.2) is 0 Å². The highest BCUT2D eigenvalue weighted by atomic mass is 19.4. The van der Waals surface area contributed by atoms with Crippen molar-refractivity contribution in [3.05, 3.63) is 71.3 Å². The molecule has 0 radical (unpaired) electrons. The van der Waals surface area contributed by atoms with E-state index in [-0.39, 0.29) is 12.5 Å². The van der Waals surface area contributed by atoms with Crippen LogP contribution in [0.1, 0.15) is 37.5 Å². The number of carbonyl (C=O) groups excluding carboxylic acids is 1. The molecule has 146 valence electrons. The Hall–Kier alpha value is -2.34. The molecule has 27 heavy (non-hydrogen) atoms. The topological polar surface area (TPSA) is 38.3 Å². The van der Waals surface area contributed by atoms with E-state index in [1.165, 1.54) is 6.07 Å². The van der Waals surface area contributed by atoms with E-state index >= 15 is 0 Å². The average molecular weight is 379 g/mol. The van der Waals surface area contributed by atoms with Crippen LogP contribution in [0.3, 0.4) is 0 Å². The summed E-state index contributed by atoms with van der Waals surface area (Å²) in [5, 5.41) is 2.77. The van der Waals surface area contributed by atoms with Gasteiger partial charge in [0.2, 0.25) is 5.91 Å². The first-order valence-electron chi connectivity index (χ1n) is 8.70. The van der Waals surface area contributed by atoms with E-state index in [1.54, 1.807) is 26.8 Å². The van der Waals surface area contributed by atoms with Crippen molar-refractivity contribution < 1.29 is 22.7 Å². The molecular weight excluding hydrogens is 355 g/mol. The normalized spacial score (nSPS) is 13.3. The third kappa shape index (κ3) is 6.10. The van der Waals surface area contributed by atoms with Crippen molar-refractivity contribution in [2.24, 2.45) is 0 Å². The molecule has 2 aromatic carbocycles. The van der Waals surface area contributed by atoms with Crippen molar-refractivity contribution in [1.29, 1.82) is 0 Å². The van der Waals surface area contributed by atoms with Crippen molar-refractivity contribution >= 4 is 5.91 Å². The predicted octanol–water partition coefficient (Wildman–Crippen LogP) is 4.70. The summed E-state index contributed by atoms with van der Waals surface area (Å²) in [5.74, 6) is -0.300. The minimum absolute atomic E-state index is 0.201. The highest BCUT2D eigenvalue weighted by Crippen LogP contribution is 2.32. The average Bonchev–Trinajstić information content (AvgIpc) is 2.64. The number of nitrogens with one attached hydrogen (secondary N) is 1. The maximum atomic E-state index is 12.9. The summed E-state index contributed by atoms with van der Waals surface area (Å²) in [6.07, 6.45) is -5.06. The number of alkyl halides is 3. The Balaban J connectivity index is 1.93. The minimum atomic E-state index is -4.39. The molecule has 0 bridgehead atoms. The number of hydrogen-bond donors (Lipinski definition) is 1. The van der Waals surface area contributed by atoms with Crippen molar-refractivity contribution in [3.8, 4) is 0 Å². The van der Waals surface area contributed by atoms with E-state index in [0.717, 1.165) is 17.7 Å². The first kappa shape index (κ1) is 21.0. The van der Waals surface area contributed by atoms with Gasteiger partial charge in [-0.25, -0.2) is 0 Å². The zero-order valence-electron chi connectivity index (χ0n) is 15.6. The van der Waals surface area contributed by atoms with E-state index in [0.29, 0.717) is 12.2 Å². The van der Waals surface area contributed by atoms with Gasteiger partial charge in [-0.1, -0.05) is 62.4 Å². The van der Waals surface area contributed by atoms with Crippen molar-refractivity contribution in [2.75, 3.05) is 6.54 Å². The van der Waals surface area contributed by atoms with Crippen molar-refractivity contribution in [1.82, 2.24) is 5.32 Å². The van der Waals surface area contributed by atoms with Gasteiger partial charge in [0, 0.05) is 12.0 Å². The quantitative estimate of drug-likeness (QED) is 0.757. The summed E-state index contributed by atoms with van der Waals surface area (Å²) < 4.78 is 44.3. The number of benzene rings is 2. The van der Waals surface area contributed by atoms with Crippen LogP contribution >= 0.6 is 0 Å². The summed E-state index contributed by atoms with van der Waals surface area (Å²) in [6.45, 7) is 5.74. The number of amides is 1. The Labute approximate surface area is 157 Å². The summed E-state index contributed by atoms with van der Waals surface area (Å²) in [5.41, 5.74) is 0.117. The van der Waals surface area contributed by atoms with Crippen molar-refractivity contribution in [3.63, 3.8) is 0 Å². The summed E-state index contributed by atoms with van der Waals surface area (Å²) in [4.78, 5) is 12.3. The van der Waals surface area contributed by atoms with Gasteiger partial charge in [0.25, 0.3) is 0 Å². The highest BCUT2D eigenvalue weighted by Gasteiger charge is 2.32. The van der Waals surface area contributed by atoms with E-state index < -0.39 is 23.3 Å². The Morgan fingerprint density at radius 2 is 1.67 bits per heavy atom. The molecule has 0 aliphatic carbocycles. The van der Waals surface area contributed by atoms with Gasteiger partial charge in [-0.05, 0) is 24.1 Å². The lowest BCUT2D eigenvalue weighted by molar-refractivity contribution is -0.137. The monoisotopic (exact) mass is 379 g/mol. The van der Waals surface area contributed by atoms with Gasteiger partial charge in [0.1, 0.15) is 6.10 Å². The fraction of sp³-hybridized carbons (Fsp3) is 0.381. The van der Waals surface area contributed by atoms with Gasteiger partial charge >= 0.3 is 6.18 Å². The fourth-order valence-corrected chi connectivity index (χ4v) is 2.54. The van der Waals surface area contributed by atoms with Crippen LogP contribution in [0.15, 0.2) is 54.6 Å². The molecule has 1 unspecified atom stereocenters. The molecule has 2 aromatic rings. The lowest BCUT2D eigenvalue weighted by atomic mass is 9.83. The molecule has 2 rings (SSSR count). The van der Waals surface area contributed by atoms with E-state index in [9.17, 15) is 18.0 Å². The lowest BCUT2D eigenvalue weighted by Crippen LogP contribution is -2.41. The van der Waals surface area contributed by atoms with Crippen molar-refractivity contribution in [2.45, 2.75) is 45.1 Å². The van der Waals surface area contributed by atoms with Gasteiger partial charge in [-0.2, -0.15) is 13.2 Å². The van der Waals surface area contributed by atoms with Crippen LogP contribution in [-0.4, -0.2) is 18.6 Å². The second-order valence-corrected chi connectivity index (χ2v) is 7.12. The fourth-order valence-electron chi connectivity index (χ4n) is 2.54. The SMILES string of the molecule is CC(OCc1ccccc1)C(=O)NCC(C)(C)c1cccc(C(F)(F)F)c1. The van der Waals surface area contributed by atoms with Crippen LogP contribution in [0.2, 0.25) is 0 Å². The molecule has 3 nitrogen and oxygen atoms in total. The molecular formula is C21H24F3NO2. The molecule has 6 heteroatoms. The number of rotatable bonds is 7. The zero-order chi connectivity index (χ0) is 20.1. The molecule has 1 N–H and O–H groups in total. The first-order chi connectivity index (χ1) is 12.6. The largest absolute Gasteiger partial charge is 0.416 e. The van der Waals surface area contributed by atoms with Crippen LogP contribution in [0.4, 0.5) is 13.2 Å². The molecule has 0 fully saturated rings. The number of ether oxygens (including phenoxy) is 1. The van der Waals surface area contributed by atoms with Gasteiger partial charge in [-0.15, -0.1) is 0 Å². The molecule has 0 aliphatic rings.